The Labute approximate surface area is 82.9 Å². The van der Waals surface area contributed by atoms with Crippen LogP contribution in [0.1, 0.15) is 23.2 Å². The Hall–Kier alpha value is -1.82. The zero-order valence-corrected chi connectivity index (χ0v) is 7.77. The van der Waals surface area contributed by atoms with E-state index in [2.05, 4.69) is 0 Å². The van der Waals surface area contributed by atoms with Gasteiger partial charge in [-0.1, -0.05) is 12.1 Å². The second kappa shape index (κ2) is 5.76. The molecule has 0 amide bonds. The molecule has 0 radical (unpaired) electrons. The van der Waals surface area contributed by atoms with Crippen LogP contribution in [0.15, 0.2) is 24.3 Å². The first-order valence-corrected chi connectivity index (χ1v) is 4.42. The van der Waals surface area contributed by atoms with Gasteiger partial charge in [0.15, 0.2) is 0 Å². The third kappa shape index (κ3) is 3.28. The molecule has 0 aliphatic heterocycles. The van der Waals surface area contributed by atoms with E-state index in [0.29, 0.717) is 30.8 Å². The number of rotatable bonds is 5. The first-order chi connectivity index (χ1) is 6.86. The Morgan fingerprint density at radius 3 is 3.07 bits per heavy atom. The van der Waals surface area contributed by atoms with Crippen LogP contribution in [0.25, 0.3) is 0 Å². The van der Waals surface area contributed by atoms with Crippen LogP contribution >= 0.6 is 0 Å². The van der Waals surface area contributed by atoms with Crippen LogP contribution < -0.4 is 4.74 Å². The minimum atomic E-state index is 0.493. The summed E-state index contributed by atoms with van der Waals surface area (Å²) in [5.74, 6) is 0.674. The Morgan fingerprint density at radius 1 is 1.50 bits per heavy atom. The molecule has 0 atom stereocenters. The van der Waals surface area contributed by atoms with E-state index in [1.807, 2.05) is 6.07 Å². The van der Waals surface area contributed by atoms with Crippen LogP contribution in [0, 0.1) is 11.3 Å². The third-order valence-corrected chi connectivity index (χ3v) is 1.70. The van der Waals surface area contributed by atoms with Crippen molar-refractivity contribution >= 4 is 6.29 Å². The van der Waals surface area contributed by atoms with E-state index in [1.165, 1.54) is 0 Å². The number of ether oxygens (including phenoxy) is 1. The molecular weight excluding hydrogens is 178 g/mol. The number of aldehydes is 1. The van der Waals surface area contributed by atoms with Crippen LogP contribution in [-0.2, 0) is 0 Å². The Balaban J connectivity index is 2.43. The highest BCUT2D eigenvalue weighted by Gasteiger charge is 1.95. The molecule has 0 saturated carbocycles. The number of unbranched alkanes of at least 4 members (excludes halogenated alkanes) is 1. The highest BCUT2D eigenvalue weighted by atomic mass is 16.5. The van der Waals surface area contributed by atoms with Crippen LogP contribution in [-0.4, -0.2) is 12.9 Å². The van der Waals surface area contributed by atoms with Gasteiger partial charge in [0, 0.05) is 12.0 Å². The molecule has 0 spiro atoms. The molecule has 0 aliphatic carbocycles. The molecule has 72 valence electrons. The Morgan fingerprint density at radius 2 is 2.36 bits per heavy atom. The molecule has 0 unspecified atom stereocenters. The van der Waals surface area contributed by atoms with E-state index in [4.69, 9.17) is 10.00 Å². The number of nitrogens with zero attached hydrogens (tertiary/aromatic N) is 1. The van der Waals surface area contributed by atoms with Gasteiger partial charge in [-0.2, -0.15) is 5.26 Å². The molecule has 3 nitrogen and oxygen atoms in total. The van der Waals surface area contributed by atoms with Crippen LogP contribution in [0.4, 0.5) is 0 Å². The molecule has 3 heteroatoms. The summed E-state index contributed by atoms with van der Waals surface area (Å²) in [5.41, 5.74) is 0.600. The van der Waals surface area contributed by atoms with Gasteiger partial charge in [-0.05, 0) is 18.6 Å². The predicted molar refractivity (Wildman–Crippen MR) is 52.2 cm³/mol. The summed E-state index contributed by atoms with van der Waals surface area (Å²) in [6.07, 6.45) is 1.98. The van der Waals surface area contributed by atoms with Crippen molar-refractivity contribution in [1.29, 1.82) is 5.26 Å². The smallest absolute Gasteiger partial charge is 0.150 e. The van der Waals surface area contributed by atoms with Gasteiger partial charge in [0.2, 0.25) is 0 Å². The maximum Gasteiger partial charge on any atom is 0.150 e. The van der Waals surface area contributed by atoms with Crippen molar-refractivity contribution in [1.82, 2.24) is 0 Å². The van der Waals surface area contributed by atoms with Crippen LogP contribution in [0.2, 0.25) is 0 Å². The summed E-state index contributed by atoms with van der Waals surface area (Å²) in [5, 5.41) is 8.29. The topological polar surface area (TPSA) is 50.1 Å². The fourth-order valence-corrected chi connectivity index (χ4v) is 1.02. The molecular formula is C11H11NO2. The molecule has 0 N–H and O–H groups in total. The molecule has 1 aromatic rings. The standard InChI is InChI=1S/C11H11NO2/c12-6-1-2-7-14-11-5-3-4-10(8-11)9-13/h3-5,8-9H,1-2,7H2. The number of nitriles is 1. The largest absolute Gasteiger partial charge is 0.494 e. The van der Waals surface area contributed by atoms with Crippen LogP contribution in [0.3, 0.4) is 0 Å². The van der Waals surface area contributed by atoms with E-state index in [1.54, 1.807) is 24.3 Å². The number of benzene rings is 1. The normalized spacial score (nSPS) is 9.07. The fraction of sp³-hybridized carbons (Fsp3) is 0.273. The number of carbonyl (C=O) groups is 1. The Kier molecular flexibility index (Phi) is 4.22. The monoisotopic (exact) mass is 189 g/mol. The maximum absolute atomic E-state index is 10.4. The molecule has 1 rings (SSSR count). The van der Waals surface area contributed by atoms with Gasteiger partial charge in [-0.3, -0.25) is 4.79 Å². The van der Waals surface area contributed by atoms with E-state index in [0.717, 1.165) is 6.29 Å². The van der Waals surface area contributed by atoms with Crippen molar-refractivity contribution in [3.8, 4) is 11.8 Å². The molecule has 0 aromatic heterocycles. The number of hydrogen-bond donors (Lipinski definition) is 0. The highest BCUT2D eigenvalue weighted by Crippen LogP contribution is 2.12. The summed E-state index contributed by atoms with van der Waals surface area (Å²) in [7, 11) is 0. The highest BCUT2D eigenvalue weighted by molar-refractivity contribution is 5.75. The van der Waals surface area contributed by atoms with Crippen molar-refractivity contribution in [3.05, 3.63) is 29.8 Å². The van der Waals surface area contributed by atoms with Crippen molar-refractivity contribution in [2.45, 2.75) is 12.8 Å². The van der Waals surface area contributed by atoms with Crippen molar-refractivity contribution in [2.24, 2.45) is 0 Å². The summed E-state index contributed by atoms with van der Waals surface area (Å²) < 4.78 is 5.34. The minimum absolute atomic E-state index is 0.493. The van der Waals surface area contributed by atoms with Crippen LogP contribution in [0.5, 0.6) is 5.75 Å². The first kappa shape index (κ1) is 10.3. The SMILES string of the molecule is N#CCCCOc1cccc(C=O)c1. The van der Waals surface area contributed by atoms with Crippen molar-refractivity contribution in [2.75, 3.05) is 6.61 Å². The summed E-state index contributed by atoms with van der Waals surface area (Å²) >= 11 is 0. The molecule has 1 aromatic carbocycles. The van der Waals surface area contributed by atoms with Gasteiger partial charge in [-0.15, -0.1) is 0 Å². The average molecular weight is 189 g/mol. The lowest BCUT2D eigenvalue weighted by atomic mass is 10.2. The van der Waals surface area contributed by atoms with Crippen molar-refractivity contribution in [3.63, 3.8) is 0 Å². The summed E-state index contributed by atoms with van der Waals surface area (Å²) in [6.45, 7) is 0.510. The van der Waals surface area contributed by atoms with Gasteiger partial charge < -0.3 is 4.74 Å². The minimum Gasteiger partial charge on any atom is -0.494 e. The lowest BCUT2D eigenvalue weighted by Crippen LogP contribution is -1.96. The number of hydrogen-bond acceptors (Lipinski definition) is 3. The zero-order chi connectivity index (χ0) is 10.2. The molecule has 0 saturated heterocycles. The zero-order valence-electron chi connectivity index (χ0n) is 7.77. The van der Waals surface area contributed by atoms with Gasteiger partial charge in [-0.25, -0.2) is 0 Å². The maximum atomic E-state index is 10.4. The summed E-state index contributed by atoms with van der Waals surface area (Å²) in [4.78, 5) is 10.4. The van der Waals surface area contributed by atoms with Crippen molar-refractivity contribution < 1.29 is 9.53 Å². The van der Waals surface area contributed by atoms with E-state index in [-0.39, 0.29) is 0 Å². The van der Waals surface area contributed by atoms with Gasteiger partial charge in [0.05, 0.1) is 12.7 Å². The van der Waals surface area contributed by atoms with Gasteiger partial charge >= 0.3 is 0 Å². The third-order valence-electron chi connectivity index (χ3n) is 1.70. The summed E-state index contributed by atoms with van der Waals surface area (Å²) in [6, 6.07) is 9.00. The predicted octanol–water partition coefficient (Wildman–Crippen LogP) is 2.18. The molecule has 0 heterocycles. The lowest BCUT2D eigenvalue weighted by molar-refractivity contribution is 0.112. The second-order valence-electron chi connectivity index (χ2n) is 2.80. The average Bonchev–Trinajstić information content (AvgIpc) is 2.25. The van der Waals surface area contributed by atoms with E-state index >= 15 is 0 Å². The second-order valence-corrected chi connectivity index (χ2v) is 2.80. The van der Waals surface area contributed by atoms with Gasteiger partial charge in [0.25, 0.3) is 0 Å². The number of carbonyl (C=O) groups excluding carboxylic acids is 1. The lowest BCUT2D eigenvalue weighted by Gasteiger charge is -2.04. The van der Waals surface area contributed by atoms with E-state index in [9.17, 15) is 4.79 Å². The molecule has 0 aliphatic rings. The molecule has 0 bridgehead atoms. The fourth-order valence-electron chi connectivity index (χ4n) is 1.02. The van der Waals surface area contributed by atoms with Gasteiger partial charge in [0.1, 0.15) is 12.0 Å². The molecule has 14 heavy (non-hydrogen) atoms. The van der Waals surface area contributed by atoms with E-state index < -0.39 is 0 Å². The Bertz CT molecular complexity index is 341. The molecule has 0 fully saturated rings. The quantitative estimate of drug-likeness (QED) is 0.527. The first-order valence-electron chi connectivity index (χ1n) is 4.42.